The fourth-order valence-corrected chi connectivity index (χ4v) is 3.67. The van der Waals surface area contributed by atoms with E-state index in [0.717, 1.165) is 11.0 Å². The highest BCUT2D eigenvalue weighted by Crippen LogP contribution is 2.44. The molecule has 0 atom stereocenters. The van der Waals surface area contributed by atoms with Crippen molar-refractivity contribution in [2.45, 2.75) is 38.5 Å². The highest BCUT2D eigenvalue weighted by molar-refractivity contribution is 6.34. The van der Waals surface area contributed by atoms with E-state index in [0.29, 0.717) is 11.8 Å². The molecule has 23 heavy (non-hydrogen) atoms. The molecular formula is C20H21BN2. The summed E-state index contributed by atoms with van der Waals surface area (Å²) in [6, 6.07) is 10.8. The monoisotopic (exact) mass is 300 g/mol. The Morgan fingerprint density at radius 2 is 2.00 bits per heavy atom. The lowest BCUT2D eigenvalue weighted by Crippen LogP contribution is -2.15. The summed E-state index contributed by atoms with van der Waals surface area (Å²) in [4.78, 5) is 0. The van der Waals surface area contributed by atoms with E-state index in [1.54, 1.807) is 0 Å². The summed E-state index contributed by atoms with van der Waals surface area (Å²) in [5, 5.41) is 5.71. The molecule has 1 heterocycles. The number of rotatable bonds is 3. The van der Waals surface area contributed by atoms with Crippen molar-refractivity contribution in [3.63, 3.8) is 0 Å². The van der Waals surface area contributed by atoms with E-state index in [-0.39, 0.29) is 0 Å². The fourth-order valence-electron chi connectivity index (χ4n) is 3.67. The molecule has 0 saturated heterocycles. The van der Waals surface area contributed by atoms with Gasteiger partial charge in [-0.1, -0.05) is 43.6 Å². The van der Waals surface area contributed by atoms with Gasteiger partial charge in [0.1, 0.15) is 7.85 Å². The van der Waals surface area contributed by atoms with E-state index >= 15 is 0 Å². The number of nitrogens with zero attached hydrogens (tertiary/aromatic N) is 2. The molecular weight excluding hydrogens is 279 g/mol. The molecule has 0 unspecified atom stereocenters. The van der Waals surface area contributed by atoms with Gasteiger partial charge >= 0.3 is 0 Å². The van der Waals surface area contributed by atoms with Gasteiger partial charge in [-0.25, -0.2) is 0 Å². The van der Waals surface area contributed by atoms with E-state index in [1.165, 1.54) is 40.5 Å². The highest BCUT2D eigenvalue weighted by Gasteiger charge is 2.28. The molecule has 1 aliphatic rings. The first-order valence-electron chi connectivity index (χ1n) is 8.40. The maximum absolute atomic E-state index is 6.45. The molecule has 0 aliphatic heterocycles. The Labute approximate surface area is 138 Å². The van der Waals surface area contributed by atoms with Crippen LogP contribution in [0, 0.1) is 0 Å². The first-order valence-corrected chi connectivity index (χ1v) is 8.40. The molecule has 0 amide bonds. The van der Waals surface area contributed by atoms with E-state index in [4.69, 9.17) is 7.85 Å². The van der Waals surface area contributed by atoms with Gasteiger partial charge < -0.3 is 0 Å². The van der Waals surface area contributed by atoms with Gasteiger partial charge in [-0.2, -0.15) is 5.10 Å². The van der Waals surface area contributed by atoms with Crippen molar-refractivity contribution in [3.05, 3.63) is 47.7 Å². The summed E-state index contributed by atoms with van der Waals surface area (Å²) < 4.78 is 1.88. The number of aromatic nitrogens is 2. The van der Waals surface area contributed by atoms with Gasteiger partial charge in [0.25, 0.3) is 0 Å². The van der Waals surface area contributed by atoms with Gasteiger partial charge in [-0.15, -0.1) is 0 Å². The molecule has 0 N–H and O–H groups in total. The lowest BCUT2D eigenvalue weighted by Gasteiger charge is -2.19. The van der Waals surface area contributed by atoms with Crippen LogP contribution in [0.1, 0.15) is 49.7 Å². The Balaban J connectivity index is 1.95. The van der Waals surface area contributed by atoms with Crippen LogP contribution in [0.15, 0.2) is 36.5 Å². The Bertz CT molecular complexity index is 888. The molecule has 2 aromatic carbocycles. The molecule has 2 nitrogen and oxygen atoms in total. The van der Waals surface area contributed by atoms with Gasteiger partial charge in [0.2, 0.25) is 0 Å². The Morgan fingerprint density at radius 3 is 2.70 bits per heavy atom. The normalized spacial score (nSPS) is 14.8. The van der Waals surface area contributed by atoms with E-state index < -0.39 is 0 Å². The summed E-state index contributed by atoms with van der Waals surface area (Å²) in [6.07, 6.45) is 4.67. The Kier molecular flexibility index (Phi) is 3.33. The lowest BCUT2D eigenvalue weighted by molar-refractivity contribution is 0.780. The van der Waals surface area contributed by atoms with Gasteiger partial charge in [-0.3, -0.25) is 4.68 Å². The Hall–Kier alpha value is -2.03. The van der Waals surface area contributed by atoms with Crippen LogP contribution in [0.4, 0.5) is 0 Å². The third-order valence-corrected chi connectivity index (χ3v) is 4.81. The van der Waals surface area contributed by atoms with Crippen LogP contribution in [0.5, 0.6) is 0 Å². The van der Waals surface area contributed by atoms with Crippen molar-refractivity contribution >= 4 is 24.2 Å². The van der Waals surface area contributed by atoms with Crippen LogP contribution in [0.25, 0.3) is 22.0 Å². The number of aryl methyl sites for hydroxylation is 1. The average Bonchev–Trinajstić information content (AvgIpc) is 3.26. The molecule has 0 spiro atoms. The van der Waals surface area contributed by atoms with Crippen molar-refractivity contribution in [2.24, 2.45) is 7.05 Å². The number of fused-ring (bicyclic) bond motifs is 1. The van der Waals surface area contributed by atoms with Crippen molar-refractivity contribution in [3.8, 4) is 11.1 Å². The molecule has 2 radical (unpaired) electrons. The second-order valence-electron chi connectivity index (χ2n) is 7.04. The molecule has 1 saturated carbocycles. The van der Waals surface area contributed by atoms with Gasteiger partial charge in [0, 0.05) is 18.6 Å². The number of benzene rings is 2. The van der Waals surface area contributed by atoms with Crippen LogP contribution >= 0.6 is 0 Å². The Morgan fingerprint density at radius 1 is 1.22 bits per heavy atom. The molecule has 1 aliphatic carbocycles. The predicted molar refractivity (Wildman–Crippen MR) is 97.6 cm³/mol. The summed E-state index contributed by atoms with van der Waals surface area (Å²) >= 11 is 0. The van der Waals surface area contributed by atoms with Crippen molar-refractivity contribution < 1.29 is 0 Å². The lowest BCUT2D eigenvalue weighted by atomic mass is 9.79. The summed E-state index contributed by atoms with van der Waals surface area (Å²) in [5.74, 6) is 1.16. The first-order chi connectivity index (χ1) is 11.0. The molecule has 1 fully saturated rings. The molecule has 114 valence electrons. The molecule has 3 aromatic rings. The standard InChI is InChI=1S/C20H21BN2/c1-12(2)20-16(13-7-8-13)9-14(10-18(20)21)15-5-4-6-19-17(15)11-23(3)22-19/h4-6,9-13H,7-8H2,1-3H3. The minimum Gasteiger partial charge on any atom is -0.275 e. The van der Waals surface area contributed by atoms with Crippen LogP contribution in [0.3, 0.4) is 0 Å². The van der Waals surface area contributed by atoms with Gasteiger partial charge in [0.05, 0.1) is 5.52 Å². The quantitative estimate of drug-likeness (QED) is 0.668. The fraction of sp³-hybridized carbons (Fsp3) is 0.350. The first kappa shape index (κ1) is 14.6. The number of hydrogen-bond donors (Lipinski definition) is 0. The third kappa shape index (κ3) is 2.48. The molecule has 1 aromatic heterocycles. The average molecular weight is 300 g/mol. The number of hydrogen-bond acceptors (Lipinski definition) is 1. The zero-order chi connectivity index (χ0) is 16.1. The van der Waals surface area contributed by atoms with Crippen LogP contribution in [-0.2, 0) is 7.05 Å². The van der Waals surface area contributed by atoms with Crippen molar-refractivity contribution in [2.75, 3.05) is 0 Å². The summed E-state index contributed by atoms with van der Waals surface area (Å²) in [6.45, 7) is 4.47. The summed E-state index contributed by atoms with van der Waals surface area (Å²) in [7, 11) is 8.42. The molecule has 4 rings (SSSR count). The second-order valence-corrected chi connectivity index (χ2v) is 7.04. The minimum atomic E-state index is 0.467. The van der Waals surface area contributed by atoms with Crippen molar-refractivity contribution in [1.29, 1.82) is 0 Å². The largest absolute Gasteiger partial charge is 0.275 e. The van der Waals surface area contributed by atoms with Crippen LogP contribution in [-0.4, -0.2) is 17.6 Å². The second kappa shape index (κ2) is 5.26. The van der Waals surface area contributed by atoms with Crippen LogP contribution < -0.4 is 5.46 Å². The van der Waals surface area contributed by atoms with E-state index in [9.17, 15) is 0 Å². The third-order valence-electron chi connectivity index (χ3n) is 4.81. The zero-order valence-corrected chi connectivity index (χ0v) is 14.0. The zero-order valence-electron chi connectivity index (χ0n) is 14.0. The maximum Gasteiger partial charge on any atom is 0.114 e. The van der Waals surface area contributed by atoms with E-state index in [1.807, 2.05) is 11.7 Å². The smallest absolute Gasteiger partial charge is 0.114 e. The van der Waals surface area contributed by atoms with Gasteiger partial charge in [-0.05, 0) is 53.0 Å². The summed E-state index contributed by atoms with van der Waals surface area (Å²) in [5.41, 5.74) is 7.20. The topological polar surface area (TPSA) is 17.8 Å². The highest BCUT2D eigenvalue weighted by atomic mass is 15.2. The van der Waals surface area contributed by atoms with Gasteiger partial charge in [0.15, 0.2) is 0 Å². The molecule has 0 bridgehead atoms. The predicted octanol–water partition coefficient (Wildman–Crippen LogP) is 4.03. The van der Waals surface area contributed by atoms with Crippen molar-refractivity contribution in [1.82, 2.24) is 9.78 Å². The van der Waals surface area contributed by atoms with E-state index in [2.05, 4.69) is 55.5 Å². The SMILES string of the molecule is [B]c1cc(-c2cccc3nn(C)cc23)cc(C2CC2)c1C(C)C. The minimum absolute atomic E-state index is 0.467. The van der Waals surface area contributed by atoms with Crippen LogP contribution in [0.2, 0.25) is 0 Å². The maximum atomic E-state index is 6.45. The molecule has 3 heteroatoms.